The zero-order valence-electron chi connectivity index (χ0n) is 20.4. The van der Waals surface area contributed by atoms with Crippen molar-refractivity contribution in [1.82, 2.24) is 25.3 Å². The first kappa shape index (κ1) is 23.4. The number of nitrogens with one attached hydrogen (secondary N) is 2. The van der Waals surface area contributed by atoms with E-state index in [2.05, 4.69) is 54.4 Å². The van der Waals surface area contributed by atoms with Gasteiger partial charge in [0.15, 0.2) is 0 Å². The van der Waals surface area contributed by atoms with Gasteiger partial charge in [0.05, 0.1) is 22.4 Å². The van der Waals surface area contributed by atoms with Crippen LogP contribution in [-0.4, -0.2) is 38.9 Å². The zero-order chi connectivity index (χ0) is 25.2. The van der Waals surface area contributed by atoms with Crippen LogP contribution >= 0.6 is 11.6 Å². The lowest BCUT2D eigenvalue weighted by molar-refractivity contribution is 0.0950. The Bertz CT molecular complexity index is 1590. The maximum absolute atomic E-state index is 12.9. The highest BCUT2D eigenvalue weighted by molar-refractivity contribution is 6.35. The molecule has 1 amide bonds. The molecule has 37 heavy (non-hydrogen) atoms. The number of rotatable bonds is 6. The summed E-state index contributed by atoms with van der Waals surface area (Å²) in [7, 11) is 0. The summed E-state index contributed by atoms with van der Waals surface area (Å²) in [4.78, 5) is 31.9. The quantitative estimate of drug-likeness (QED) is 0.307. The molecule has 1 aliphatic rings. The Morgan fingerprint density at radius 2 is 1.86 bits per heavy atom. The van der Waals surface area contributed by atoms with Gasteiger partial charge in [0.25, 0.3) is 5.91 Å². The minimum Gasteiger partial charge on any atom is -0.370 e. The molecule has 6 rings (SSSR count). The van der Waals surface area contributed by atoms with Crippen molar-refractivity contribution < 1.29 is 4.79 Å². The molecule has 0 unspecified atom stereocenters. The molecule has 5 heterocycles. The molecule has 0 atom stereocenters. The number of fused-ring (bicyclic) bond motifs is 2. The third kappa shape index (κ3) is 5.13. The van der Waals surface area contributed by atoms with Crippen molar-refractivity contribution in [3.8, 4) is 0 Å². The van der Waals surface area contributed by atoms with Gasteiger partial charge in [-0.05, 0) is 66.8 Å². The number of amides is 1. The fraction of sp³-hybridized carbons (Fsp3) is 0.241. The number of aromatic nitrogens is 4. The van der Waals surface area contributed by atoms with Crippen molar-refractivity contribution in [3.63, 3.8) is 0 Å². The van der Waals surface area contributed by atoms with E-state index >= 15 is 0 Å². The first-order valence-electron chi connectivity index (χ1n) is 12.6. The predicted molar refractivity (Wildman–Crippen MR) is 147 cm³/mol. The van der Waals surface area contributed by atoms with Crippen LogP contribution in [0.2, 0.25) is 5.02 Å². The Morgan fingerprint density at radius 1 is 0.973 bits per heavy atom. The molecule has 0 spiro atoms. The van der Waals surface area contributed by atoms with Crippen molar-refractivity contribution in [1.29, 1.82) is 0 Å². The fourth-order valence-electron chi connectivity index (χ4n) is 4.93. The zero-order valence-corrected chi connectivity index (χ0v) is 21.1. The number of carbonyl (C=O) groups is 1. The van der Waals surface area contributed by atoms with E-state index in [9.17, 15) is 4.79 Å². The number of piperidine rings is 1. The van der Waals surface area contributed by atoms with Crippen molar-refractivity contribution in [3.05, 3.63) is 94.7 Å². The van der Waals surface area contributed by atoms with Gasteiger partial charge in [-0.2, -0.15) is 0 Å². The van der Waals surface area contributed by atoms with Gasteiger partial charge in [0.1, 0.15) is 5.65 Å². The van der Waals surface area contributed by atoms with Crippen molar-refractivity contribution in [2.75, 3.05) is 18.0 Å². The number of anilines is 1. The second-order valence-corrected chi connectivity index (χ2v) is 9.95. The first-order chi connectivity index (χ1) is 18.1. The van der Waals surface area contributed by atoms with E-state index in [1.54, 1.807) is 24.7 Å². The van der Waals surface area contributed by atoms with Crippen LogP contribution in [0.3, 0.4) is 0 Å². The molecule has 0 saturated carbocycles. The van der Waals surface area contributed by atoms with Crippen LogP contribution in [0.5, 0.6) is 0 Å². The minimum absolute atomic E-state index is 0.155. The van der Waals surface area contributed by atoms with Crippen LogP contribution in [-0.2, 0) is 13.0 Å². The van der Waals surface area contributed by atoms with Gasteiger partial charge >= 0.3 is 0 Å². The molecule has 0 aliphatic carbocycles. The summed E-state index contributed by atoms with van der Waals surface area (Å²) in [5.74, 6) is -0.155. The number of carbonyl (C=O) groups excluding carboxylic acids is 1. The third-order valence-electron chi connectivity index (χ3n) is 6.91. The summed E-state index contributed by atoms with van der Waals surface area (Å²) < 4.78 is 0. The molecule has 8 heteroatoms. The van der Waals surface area contributed by atoms with Gasteiger partial charge in [-0.25, -0.2) is 4.98 Å². The van der Waals surface area contributed by atoms with E-state index in [-0.39, 0.29) is 5.91 Å². The summed E-state index contributed by atoms with van der Waals surface area (Å²) in [5, 5.41) is 5.55. The van der Waals surface area contributed by atoms with E-state index in [1.807, 2.05) is 18.3 Å². The highest BCUT2D eigenvalue weighted by Gasteiger charge is 2.13. The van der Waals surface area contributed by atoms with Crippen molar-refractivity contribution in [2.45, 2.75) is 32.2 Å². The largest absolute Gasteiger partial charge is 0.370 e. The molecule has 186 valence electrons. The van der Waals surface area contributed by atoms with E-state index in [0.29, 0.717) is 23.6 Å². The highest BCUT2D eigenvalue weighted by atomic mass is 35.5. The normalized spacial score (nSPS) is 13.8. The Balaban J connectivity index is 1.15. The molecular weight excluding hydrogens is 484 g/mol. The summed E-state index contributed by atoms with van der Waals surface area (Å²) in [6.07, 6.45) is 11.5. The lowest BCUT2D eigenvalue weighted by atomic mass is 10.0. The molecular formula is C29H27ClN6O. The van der Waals surface area contributed by atoms with Crippen LogP contribution < -0.4 is 10.2 Å². The number of benzene rings is 1. The number of H-pyrrole nitrogens is 1. The van der Waals surface area contributed by atoms with Gasteiger partial charge in [0, 0.05) is 66.7 Å². The van der Waals surface area contributed by atoms with Crippen molar-refractivity contribution >= 4 is 45.1 Å². The van der Waals surface area contributed by atoms with Gasteiger partial charge in [0.2, 0.25) is 0 Å². The molecule has 0 bridgehead atoms. The summed E-state index contributed by atoms with van der Waals surface area (Å²) in [6, 6.07) is 14.1. The first-order valence-corrected chi connectivity index (χ1v) is 13.0. The molecule has 0 radical (unpaired) electrons. The number of halogens is 1. The third-order valence-corrected chi connectivity index (χ3v) is 7.22. The number of hydrogen-bond donors (Lipinski definition) is 2. The second kappa shape index (κ2) is 10.2. The monoisotopic (exact) mass is 510 g/mol. The molecule has 1 aromatic carbocycles. The minimum atomic E-state index is -0.155. The Kier molecular flexibility index (Phi) is 6.45. The Morgan fingerprint density at radius 3 is 2.76 bits per heavy atom. The molecule has 7 nitrogen and oxygen atoms in total. The van der Waals surface area contributed by atoms with Gasteiger partial charge in [-0.1, -0.05) is 17.7 Å². The second-order valence-electron chi connectivity index (χ2n) is 9.54. The average molecular weight is 511 g/mol. The molecule has 2 N–H and O–H groups in total. The van der Waals surface area contributed by atoms with Gasteiger partial charge in [-0.15, -0.1) is 0 Å². The van der Waals surface area contributed by atoms with Crippen LogP contribution in [0.15, 0.2) is 67.3 Å². The topological polar surface area (TPSA) is 86.8 Å². The van der Waals surface area contributed by atoms with E-state index < -0.39 is 0 Å². The van der Waals surface area contributed by atoms with E-state index in [4.69, 9.17) is 11.6 Å². The smallest absolute Gasteiger partial charge is 0.251 e. The van der Waals surface area contributed by atoms with Gasteiger partial charge in [-0.3, -0.25) is 14.8 Å². The van der Waals surface area contributed by atoms with E-state index in [0.717, 1.165) is 51.8 Å². The molecule has 1 aliphatic heterocycles. The average Bonchev–Trinajstić information content (AvgIpc) is 3.31. The maximum Gasteiger partial charge on any atom is 0.251 e. The molecule has 4 aromatic heterocycles. The standard InChI is InChI=1S/C29H27ClN6O/c30-26-18-34-28-25(26)12-20(15-33-28)16-35-29(37)21-6-7-31-23(13-21)11-19-4-5-27-22(10-19)14-24(17-32-27)36-8-2-1-3-9-36/h4-7,10,12-15,17-18H,1-3,8-9,11,16H2,(H,33,34)(H,35,37). The maximum atomic E-state index is 12.9. The van der Waals surface area contributed by atoms with Crippen LogP contribution in [0, 0.1) is 0 Å². The SMILES string of the molecule is O=C(NCc1cnc2[nH]cc(Cl)c2c1)c1ccnc(Cc2ccc3ncc(N4CCCCC4)cc3c2)c1. The van der Waals surface area contributed by atoms with E-state index in [1.165, 1.54) is 24.9 Å². The van der Waals surface area contributed by atoms with Crippen LogP contribution in [0.4, 0.5) is 5.69 Å². The lowest BCUT2D eigenvalue weighted by Gasteiger charge is -2.28. The summed E-state index contributed by atoms with van der Waals surface area (Å²) in [5.41, 5.74) is 6.34. The Labute approximate surface area is 219 Å². The van der Waals surface area contributed by atoms with Crippen LogP contribution in [0.1, 0.15) is 46.4 Å². The molecule has 1 fully saturated rings. The lowest BCUT2D eigenvalue weighted by Crippen LogP contribution is -2.29. The highest BCUT2D eigenvalue weighted by Crippen LogP contribution is 2.25. The molecule has 5 aromatic rings. The summed E-state index contributed by atoms with van der Waals surface area (Å²) >= 11 is 6.19. The number of hydrogen-bond acceptors (Lipinski definition) is 5. The summed E-state index contributed by atoms with van der Waals surface area (Å²) in [6.45, 7) is 2.55. The van der Waals surface area contributed by atoms with Crippen molar-refractivity contribution in [2.24, 2.45) is 0 Å². The number of pyridine rings is 3. The molecule has 1 saturated heterocycles. The Hall–Kier alpha value is -3.97. The van der Waals surface area contributed by atoms with Gasteiger partial charge < -0.3 is 15.2 Å². The fourth-order valence-corrected chi connectivity index (χ4v) is 5.12. The number of aromatic amines is 1. The van der Waals surface area contributed by atoms with Crippen LogP contribution in [0.25, 0.3) is 21.9 Å². The predicted octanol–water partition coefficient (Wildman–Crippen LogP) is 5.67. The number of nitrogens with zero attached hydrogens (tertiary/aromatic N) is 4.